The Labute approximate surface area is 179 Å². The normalized spacial score (nSPS) is 16.7. The van der Waals surface area contributed by atoms with Crippen LogP contribution in [0.4, 0.5) is 5.69 Å². The summed E-state index contributed by atoms with van der Waals surface area (Å²) in [5, 5.41) is 0. The van der Waals surface area contributed by atoms with Gasteiger partial charge in [0.05, 0.1) is 11.0 Å². The number of unbranched alkanes of at least 4 members (excludes halogenated alkanes) is 5. The predicted octanol–water partition coefficient (Wildman–Crippen LogP) is 6.23. The second-order valence-corrected chi connectivity index (χ2v) is 8.62. The Morgan fingerprint density at radius 1 is 0.967 bits per heavy atom. The number of fused-ring (bicyclic) bond motifs is 1. The van der Waals surface area contributed by atoms with Crippen LogP contribution in [0.15, 0.2) is 48.5 Å². The number of hydrogen-bond donors (Lipinski definition) is 0. The minimum absolute atomic E-state index is 0.145. The van der Waals surface area contributed by atoms with Crippen LogP contribution in [0.3, 0.4) is 0 Å². The Bertz CT molecular complexity index is 989. The maximum Gasteiger partial charge on any atom is 0.227 e. The number of carbonyl (C=O) groups is 1. The summed E-state index contributed by atoms with van der Waals surface area (Å²) >= 11 is 0. The van der Waals surface area contributed by atoms with Crippen molar-refractivity contribution in [3.05, 3.63) is 59.9 Å². The van der Waals surface area contributed by atoms with Crippen LogP contribution in [0.2, 0.25) is 0 Å². The first-order valence-corrected chi connectivity index (χ1v) is 11.5. The number of carbonyl (C=O) groups excluding carboxylic acids is 1. The van der Waals surface area contributed by atoms with E-state index in [0.717, 1.165) is 23.6 Å². The highest BCUT2D eigenvalue weighted by Gasteiger charge is 2.34. The molecule has 0 radical (unpaired) electrons. The molecular weight excluding hydrogens is 370 g/mol. The van der Waals surface area contributed by atoms with Crippen molar-refractivity contribution in [2.75, 3.05) is 11.4 Å². The largest absolute Gasteiger partial charge is 0.328 e. The molecule has 0 aliphatic carbocycles. The van der Waals surface area contributed by atoms with Gasteiger partial charge in [0, 0.05) is 31.1 Å². The van der Waals surface area contributed by atoms with Crippen LogP contribution in [0.1, 0.15) is 69.2 Å². The first-order valence-electron chi connectivity index (χ1n) is 11.5. The van der Waals surface area contributed by atoms with Gasteiger partial charge < -0.3 is 9.47 Å². The van der Waals surface area contributed by atoms with Gasteiger partial charge in [0.2, 0.25) is 5.91 Å². The highest BCUT2D eigenvalue weighted by Crippen LogP contribution is 2.33. The molecule has 158 valence electrons. The lowest BCUT2D eigenvalue weighted by Gasteiger charge is -2.17. The van der Waals surface area contributed by atoms with Crippen molar-refractivity contribution in [3.63, 3.8) is 0 Å². The number of benzene rings is 2. The van der Waals surface area contributed by atoms with Crippen molar-refractivity contribution in [1.29, 1.82) is 0 Å². The monoisotopic (exact) mass is 403 g/mol. The van der Waals surface area contributed by atoms with Gasteiger partial charge in [0.1, 0.15) is 5.82 Å². The molecular formula is C26H33N3O. The Hall–Kier alpha value is -2.62. The topological polar surface area (TPSA) is 38.1 Å². The highest BCUT2D eigenvalue weighted by molar-refractivity contribution is 5.96. The van der Waals surface area contributed by atoms with Crippen LogP contribution >= 0.6 is 0 Å². The van der Waals surface area contributed by atoms with Crippen LogP contribution in [-0.2, 0) is 11.3 Å². The molecule has 2 aromatic carbocycles. The molecule has 1 aliphatic rings. The molecule has 1 atom stereocenters. The highest BCUT2D eigenvalue weighted by atomic mass is 16.2. The molecule has 1 fully saturated rings. The zero-order chi connectivity index (χ0) is 20.9. The van der Waals surface area contributed by atoms with Crippen molar-refractivity contribution in [2.24, 2.45) is 0 Å². The number of aryl methyl sites for hydroxylation is 2. The van der Waals surface area contributed by atoms with Gasteiger partial charge in [-0.25, -0.2) is 4.98 Å². The maximum absolute atomic E-state index is 12.8. The van der Waals surface area contributed by atoms with Gasteiger partial charge in [-0.15, -0.1) is 0 Å². The van der Waals surface area contributed by atoms with Gasteiger partial charge in [0.25, 0.3) is 0 Å². The van der Waals surface area contributed by atoms with Crippen LogP contribution in [0, 0.1) is 6.92 Å². The molecule has 0 saturated carbocycles. The summed E-state index contributed by atoms with van der Waals surface area (Å²) in [7, 11) is 0. The second kappa shape index (κ2) is 9.46. The van der Waals surface area contributed by atoms with Crippen molar-refractivity contribution >= 4 is 22.6 Å². The van der Waals surface area contributed by atoms with E-state index in [-0.39, 0.29) is 11.8 Å². The molecule has 0 bridgehead atoms. The van der Waals surface area contributed by atoms with Gasteiger partial charge in [-0.2, -0.15) is 0 Å². The number of amides is 1. The summed E-state index contributed by atoms with van der Waals surface area (Å²) in [6.07, 6.45) is 8.20. The average molecular weight is 404 g/mol. The van der Waals surface area contributed by atoms with Crippen molar-refractivity contribution < 1.29 is 4.79 Å². The molecule has 4 heteroatoms. The van der Waals surface area contributed by atoms with Gasteiger partial charge >= 0.3 is 0 Å². The summed E-state index contributed by atoms with van der Waals surface area (Å²) < 4.78 is 2.38. The van der Waals surface area contributed by atoms with Crippen molar-refractivity contribution in [2.45, 2.75) is 71.3 Å². The van der Waals surface area contributed by atoms with Crippen molar-refractivity contribution in [3.8, 4) is 0 Å². The zero-order valence-corrected chi connectivity index (χ0v) is 18.3. The Kier molecular flexibility index (Phi) is 6.51. The summed E-state index contributed by atoms with van der Waals surface area (Å²) in [6.45, 7) is 6.02. The van der Waals surface area contributed by atoms with Crippen LogP contribution in [0.25, 0.3) is 11.0 Å². The number of imidazole rings is 1. The lowest BCUT2D eigenvalue weighted by molar-refractivity contribution is -0.117. The average Bonchev–Trinajstić information content (AvgIpc) is 3.32. The molecule has 1 aromatic heterocycles. The molecule has 3 aromatic rings. The predicted molar refractivity (Wildman–Crippen MR) is 124 cm³/mol. The van der Waals surface area contributed by atoms with E-state index in [0.29, 0.717) is 13.0 Å². The molecule has 4 rings (SSSR count). The molecule has 4 nitrogen and oxygen atoms in total. The Morgan fingerprint density at radius 2 is 1.70 bits per heavy atom. The van der Waals surface area contributed by atoms with Gasteiger partial charge in [0.15, 0.2) is 0 Å². The first-order chi connectivity index (χ1) is 14.7. The summed E-state index contributed by atoms with van der Waals surface area (Å²) in [5.41, 5.74) is 4.44. The van der Waals surface area contributed by atoms with E-state index in [1.165, 1.54) is 49.6 Å². The quantitative estimate of drug-likeness (QED) is 0.397. The van der Waals surface area contributed by atoms with Gasteiger partial charge in [-0.3, -0.25) is 4.79 Å². The lowest BCUT2D eigenvalue weighted by atomic mass is 10.1. The van der Waals surface area contributed by atoms with E-state index < -0.39 is 0 Å². The van der Waals surface area contributed by atoms with Crippen molar-refractivity contribution in [1.82, 2.24) is 9.55 Å². The molecule has 0 N–H and O–H groups in total. The van der Waals surface area contributed by atoms with Crippen LogP contribution in [-0.4, -0.2) is 22.0 Å². The number of nitrogens with zero attached hydrogens (tertiary/aromatic N) is 3. The second-order valence-electron chi connectivity index (χ2n) is 8.62. The fraction of sp³-hybridized carbons (Fsp3) is 0.462. The first kappa shape index (κ1) is 20.6. The standard InChI is InChI=1S/C26H33N3O/c1-3-4-5-6-7-10-17-28-24-12-9-8-11-23(24)27-26(28)21-18-25(30)29(19-21)22-15-13-20(2)14-16-22/h8-9,11-16,21H,3-7,10,17-19H2,1-2H3/t21-/m1/s1. The molecule has 1 aliphatic heterocycles. The Balaban J connectivity index is 1.53. The van der Waals surface area contributed by atoms with Crippen LogP contribution in [0.5, 0.6) is 0 Å². The maximum atomic E-state index is 12.8. The molecule has 1 saturated heterocycles. The van der Waals surface area contributed by atoms with E-state index in [1.54, 1.807) is 0 Å². The third kappa shape index (κ3) is 4.43. The van der Waals surface area contributed by atoms with Gasteiger partial charge in [-0.1, -0.05) is 68.9 Å². The van der Waals surface area contributed by atoms with E-state index in [1.807, 2.05) is 11.0 Å². The van der Waals surface area contributed by atoms with E-state index >= 15 is 0 Å². The summed E-state index contributed by atoms with van der Waals surface area (Å²) in [4.78, 5) is 19.7. The minimum atomic E-state index is 0.145. The number of aromatic nitrogens is 2. The third-order valence-electron chi connectivity index (χ3n) is 6.26. The number of anilines is 1. The summed E-state index contributed by atoms with van der Waals surface area (Å²) in [5.74, 6) is 1.42. The van der Waals surface area contributed by atoms with E-state index in [9.17, 15) is 4.79 Å². The van der Waals surface area contributed by atoms with E-state index in [4.69, 9.17) is 4.98 Å². The number of para-hydroxylation sites is 2. The molecule has 0 unspecified atom stereocenters. The molecule has 2 heterocycles. The van der Waals surface area contributed by atoms with Crippen LogP contribution < -0.4 is 4.90 Å². The number of rotatable bonds is 9. The molecule has 0 spiro atoms. The smallest absolute Gasteiger partial charge is 0.227 e. The number of hydrogen-bond acceptors (Lipinski definition) is 2. The SMILES string of the molecule is CCCCCCCCn1c([C@@H]2CC(=O)N(c3ccc(C)cc3)C2)nc2ccccc21. The summed E-state index contributed by atoms with van der Waals surface area (Å²) in [6, 6.07) is 16.6. The van der Waals surface area contributed by atoms with E-state index in [2.05, 4.69) is 60.9 Å². The Morgan fingerprint density at radius 3 is 2.50 bits per heavy atom. The van der Waals surface area contributed by atoms with Gasteiger partial charge in [-0.05, 0) is 37.6 Å². The lowest BCUT2D eigenvalue weighted by Crippen LogP contribution is -2.24. The minimum Gasteiger partial charge on any atom is -0.328 e. The molecule has 30 heavy (non-hydrogen) atoms. The molecule has 1 amide bonds. The third-order valence-corrected chi connectivity index (χ3v) is 6.26. The zero-order valence-electron chi connectivity index (χ0n) is 18.3. The fourth-order valence-corrected chi connectivity index (χ4v) is 4.55. The fourth-order valence-electron chi connectivity index (χ4n) is 4.55.